The number of imide groups is 1. The van der Waals surface area contributed by atoms with Crippen LogP contribution in [-0.4, -0.2) is 32.9 Å². The third kappa shape index (κ3) is 4.62. The Labute approximate surface area is 218 Å². The number of rotatable bonds is 7. The van der Waals surface area contributed by atoms with E-state index in [0.717, 1.165) is 45.1 Å². The zero-order valence-electron chi connectivity index (χ0n) is 19.6. The maximum Gasteiger partial charge on any atom is 0.293 e. The van der Waals surface area contributed by atoms with E-state index in [1.165, 1.54) is 5.56 Å². The highest BCUT2D eigenvalue weighted by molar-refractivity contribution is 8.18. The number of amides is 2. The number of carbonyl (C=O) groups excluding carboxylic acids is 3. The molecule has 5 nitrogen and oxygen atoms in total. The molecule has 5 rings (SSSR count). The molecule has 0 atom stereocenters. The average Bonchev–Trinajstić information content (AvgIpc) is 3.37. The molecule has 1 fully saturated rings. The second kappa shape index (κ2) is 10.2. The van der Waals surface area contributed by atoms with Crippen molar-refractivity contribution < 1.29 is 14.4 Å². The fraction of sp³-hybridized carbons (Fsp3) is 0.138. The van der Waals surface area contributed by atoms with E-state index in [1.54, 1.807) is 30.3 Å². The molecule has 0 spiro atoms. The zero-order valence-corrected chi connectivity index (χ0v) is 21.2. The lowest BCUT2D eigenvalue weighted by Gasteiger charge is -2.11. The first-order chi connectivity index (χ1) is 17.5. The molecule has 2 amide bonds. The molecule has 7 heteroatoms. The molecule has 1 saturated heterocycles. The second-order valence-electron chi connectivity index (χ2n) is 8.53. The number of nitrogens with zero attached hydrogens (tertiary/aromatic N) is 2. The number of Topliss-reactive ketones (excluding diaryl/α,β-unsaturated/α-hetero) is 1. The van der Waals surface area contributed by atoms with E-state index < -0.39 is 11.1 Å². The van der Waals surface area contributed by atoms with Crippen LogP contribution in [0.3, 0.4) is 0 Å². The van der Waals surface area contributed by atoms with Crippen LogP contribution < -0.4 is 0 Å². The van der Waals surface area contributed by atoms with Gasteiger partial charge in [-0.1, -0.05) is 85.3 Å². The normalized spacial score (nSPS) is 14.8. The highest BCUT2D eigenvalue weighted by atomic mass is 35.5. The van der Waals surface area contributed by atoms with Gasteiger partial charge >= 0.3 is 0 Å². The van der Waals surface area contributed by atoms with E-state index in [1.807, 2.05) is 48.7 Å². The number of hydrogen-bond donors (Lipinski definition) is 0. The van der Waals surface area contributed by atoms with Gasteiger partial charge in [-0.15, -0.1) is 0 Å². The van der Waals surface area contributed by atoms with Gasteiger partial charge in [0.05, 0.1) is 17.0 Å². The summed E-state index contributed by atoms with van der Waals surface area (Å²) in [6.07, 6.45) is 4.60. The van der Waals surface area contributed by atoms with Crippen molar-refractivity contribution in [3.8, 4) is 0 Å². The maximum atomic E-state index is 13.1. The Morgan fingerprint density at radius 2 is 1.67 bits per heavy atom. The molecule has 2 heterocycles. The molecule has 4 aromatic rings. The van der Waals surface area contributed by atoms with Crippen LogP contribution in [0.4, 0.5) is 4.79 Å². The number of aromatic nitrogens is 1. The van der Waals surface area contributed by atoms with Crippen molar-refractivity contribution >= 4 is 57.3 Å². The zero-order chi connectivity index (χ0) is 25.2. The van der Waals surface area contributed by atoms with Crippen LogP contribution in [0.1, 0.15) is 34.0 Å². The third-order valence-corrected chi connectivity index (χ3v) is 7.53. The average molecular weight is 515 g/mol. The molecule has 1 aromatic heterocycles. The number of aryl methyl sites for hydroxylation is 1. The van der Waals surface area contributed by atoms with E-state index in [2.05, 4.69) is 17.6 Å². The van der Waals surface area contributed by atoms with Gasteiger partial charge in [0.2, 0.25) is 0 Å². The molecular weight excluding hydrogens is 492 g/mol. The van der Waals surface area contributed by atoms with Crippen molar-refractivity contribution in [3.05, 3.63) is 111 Å². The van der Waals surface area contributed by atoms with Gasteiger partial charge < -0.3 is 4.57 Å². The Balaban J connectivity index is 1.49. The predicted octanol–water partition coefficient (Wildman–Crippen LogP) is 6.82. The fourth-order valence-corrected chi connectivity index (χ4v) is 5.46. The quantitative estimate of drug-likeness (QED) is 0.200. The summed E-state index contributed by atoms with van der Waals surface area (Å²) >= 11 is 7.30. The highest BCUT2D eigenvalue weighted by Crippen LogP contribution is 2.35. The van der Waals surface area contributed by atoms with Crippen molar-refractivity contribution in [1.29, 1.82) is 0 Å². The number of para-hydroxylation sites is 1. The van der Waals surface area contributed by atoms with Crippen LogP contribution in [0.15, 0.2) is 83.9 Å². The topological polar surface area (TPSA) is 59.4 Å². The molecule has 36 heavy (non-hydrogen) atoms. The summed E-state index contributed by atoms with van der Waals surface area (Å²) < 4.78 is 2.14. The maximum absolute atomic E-state index is 13.1. The van der Waals surface area contributed by atoms with Gasteiger partial charge in [-0.3, -0.25) is 19.3 Å². The molecule has 0 aliphatic carbocycles. The van der Waals surface area contributed by atoms with Crippen LogP contribution in [-0.2, 0) is 17.8 Å². The van der Waals surface area contributed by atoms with Gasteiger partial charge in [0, 0.05) is 34.3 Å². The van der Waals surface area contributed by atoms with Crippen molar-refractivity contribution in [2.24, 2.45) is 0 Å². The summed E-state index contributed by atoms with van der Waals surface area (Å²) in [5.41, 5.74) is 4.56. The second-order valence-corrected chi connectivity index (χ2v) is 9.93. The Bertz CT molecular complexity index is 1520. The highest BCUT2D eigenvalue weighted by Gasteiger charge is 2.36. The van der Waals surface area contributed by atoms with E-state index in [9.17, 15) is 14.4 Å². The van der Waals surface area contributed by atoms with Crippen molar-refractivity contribution in [2.75, 3.05) is 6.54 Å². The Morgan fingerprint density at radius 1 is 0.944 bits per heavy atom. The smallest absolute Gasteiger partial charge is 0.293 e. The monoisotopic (exact) mass is 514 g/mol. The van der Waals surface area contributed by atoms with Gasteiger partial charge in [-0.25, -0.2) is 0 Å². The minimum atomic E-state index is -0.451. The molecule has 0 N–H and O–H groups in total. The van der Waals surface area contributed by atoms with Gasteiger partial charge in [-0.05, 0) is 41.5 Å². The van der Waals surface area contributed by atoms with Crippen molar-refractivity contribution in [1.82, 2.24) is 9.47 Å². The van der Waals surface area contributed by atoms with Crippen molar-refractivity contribution in [2.45, 2.75) is 19.9 Å². The largest absolute Gasteiger partial charge is 0.342 e. The minimum absolute atomic E-state index is 0.275. The first-order valence-electron chi connectivity index (χ1n) is 11.6. The lowest BCUT2D eigenvalue weighted by Crippen LogP contribution is -2.33. The lowest BCUT2D eigenvalue weighted by molar-refractivity contribution is -0.122. The lowest BCUT2D eigenvalue weighted by atomic mass is 10.1. The van der Waals surface area contributed by atoms with E-state index in [4.69, 9.17) is 11.6 Å². The summed E-state index contributed by atoms with van der Waals surface area (Å²) in [7, 11) is 0. The summed E-state index contributed by atoms with van der Waals surface area (Å²) in [6, 6.07) is 22.5. The van der Waals surface area contributed by atoms with Gasteiger partial charge in [0.1, 0.15) is 0 Å². The molecule has 180 valence electrons. The minimum Gasteiger partial charge on any atom is -0.342 e. The molecule has 1 aliphatic heterocycles. The number of thioether (sulfide) groups is 1. The van der Waals surface area contributed by atoms with Crippen molar-refractivity contribution in [3.63, 3.8) is 0 Å². The molecule has 1 aliphatic rings. The van der Waals surface area contributed by atoms with Gasteiger partial charge in [0.15, 0.2) is 5.78 Å². The van der Waals surface area contributed by atoms with Crippen LogP contribution in [0, 0.1) is 0 Å². The van der Waals surface area contributed by atoms with Gasteiger partial charge in [0.25, 0.3) is 11.1 Å². The first-order valence-corrected chi connectivity index (χ1v) is 12.8. The number of ketones is 1. The van der Waals surface area contributed by atoms with E-state index in [0.29, 0.717) is 22.0 Å². The third-order valence-electron chi connectivity index (χ3n) is 6.25. The predicted molar refractivity (Wildman–Crippen MR) is 145 cm³/mol. The Kier molecular flexibility index (Phi) is 6.81. The molecule has 0 unspecified atom stereocenters. The number of halogens is 1. The number of fused-ring (bicyclic) bond motifs is 1. The Hall–Kier alpha value is -3.61. The van der Waals surface area contributed by atoms with Crippen LogP contribution in [0.2, 0.25) is 5.02 Å². The summed E-state index contributed by atoms with van der Waals surface area (Å²) in [4.78, 5) is 39.7. The number of hydrogen-bond acceptors (Lipinski definition) is 4. The van der Waals surface area contributed by atoms with Crippen LogP contribution in [0.25, 0.3) is 17.0 Å². The summed E-state index contributed by atoms with van der Waals surface area (Å²) in [5, 5.41) is 1.25. The SMILES string of the molecule is CCc1cccc2c(/C=C3\SC(=O)N(CC(=O)c4ccccc4)C3=O)cn(Cc3ccccc3Cl)c12. The van der Waals surface area contributed by atoms with E-state index in [-0.39, 0.29) is 12.3 Å². The number of carbonyl (C=O) groups is 3. The molecule has 0 saturated carbocycles. The van der Waals surface area contributed by atoms with Gasteiger partial charge in [-0.2, -0.15) is 0 Å². The molecular formula is C29H23ClN2O3S. The molecule has 3 aromatic carbocycles. The van der Waals surface area contributed by atoms with Crippen LogP contribution in [0.5, 0.6) is 0 Å². The molecule has 0 bridgehead atoms. The Morgan fingerprint density at radius 3 is 2.42 bits per heavy atom. The number of benzene rings is 3. The van der Waals surface area contributed by atoms with E-state index >= 15 is 0 Å². The first kappa shape index (κ1) is 24.1. The molecule has 0 radical (unpaired) electrons. The van der Waals surface area contributed by atoms with Crippen LogP contribution >= 0.6 is 23.4 Å². The fourth-order valence-electron chi connectivity index (χ4n) is 4.44. The summed E-state index contributed by atoms with van der Waals surface area (Å²) in [6.45, 7) is 2.41. The summed E-state index contributed by atoms with van der Waals surface area (Å²) in [5.74, 6) is -0.726. The standard InChI is InChI=1S/C29H23ClN2O3S/c1-2-19-12-8-13-23-22(17-31(27(19)23)16-21-11-6-7-14-24(21)30)15-26-28(34)32(29(35)36-26)18-25(33)20-9-4-3-5-10-20/h3-15,17H,2,16,18H2,1H3/b26-15-.